The molecule has 0 aliphatic rings. The van der Waals surface area contributed by atoms with Crippen molar-refractivity contribution < 1.29 is 5.11 Å². The quantitative estimate of drug-likeness (QED) is 0.711. The highest BCUT2D eigenvalue weighted by molar-refractivity contribution is 9.10. The van der Waals surface area contributed by atoms with Gasteiger partial charge in [0.05, 0.1) is 10.1 Å². The minimum absolute atomic E-state index is 0.288. The molecule has 2 rings (SSSR count). The SMILES string of the molecule is Cc1c(Br)[nH]c2cc(O)ccc12. The zero-order valence-electron chi connectivity index (χ0n) is 6.56. The summed E-state index contributed by atoms with van der Waals surface area (Å²) in [4.78, 5) is 3.12. The van der Waals surface area contributed by atoms with Crippen LogP contribution in [0.25, 0.3) is 10.9 Å². The second-order valence-electron chi connectivity index (χ2n) is 2.79. The fourth-order valence-corrected chi connectivity index (χ4v) is 1.72. The number of phenolic OH excluding ortho intramolecular Hbond substituents is 1. The molecule has 0 saturated carbocycles. The number of aromatic hydroxyl groups is 1. The molecule has 1 aromatic carbocycles. The lowest BCUT2D eigenvalue weighted by Gasteiger charge is -1.91. The molecule has 1 aromatic heterocycles. The van der Waals surface area contributed by atoms with Gasteiger partial charge in [-0.3, -0.25) is 0 Å². The maximum atomic E-state index is 9.20. The van der Waals surface area contributed by atoms with Crippen molar-refractivity contribution in [3.8, 4) is 5.75 Å². The Kier molecular flexibility index (Phi) is 1.61. The molecular weight excluding hydrogens is 218 g/mol. The van der Waals surface area contributed by atoms with E-state index in [1.807, 2.05) is 13.0 Å². The van der Waals surface area contributed by atoms with E-state index in [2.05, 4.69) is 20.9 Å². The van der Waals surface area contributed by atoms with E-state index in [0.717, 1.165) is 15.5 Å². The highest BCUT2D eigenvalue weighted by Crippen LogP contribution is 2.27. The lowest BCUT2D eigenvalue weighted by Crippen LogP contribution is -1.68. The Balaban J connectivity index is 2.87. The number of H-pyrrole nitrogens is 1. The van der Waals surface area contributed by atoms with Gasteiger partial charge in [0.15, 0.2) is 0 Å². The predicted octanol–water partition coefficient (Wildman–Crippen LogP) is 2.94. The topological polar surface area (TPSA) is 36.0 Å². The molecule has 0 aliphatic heterocycles. The molecule has 0 bridgehead atoms. The number of hydrogen-bond donors (Lipinski definition) is 2. The van der Waals surface area contributed by atoms with Crippen LogP contribution in [0.5, 0.6) is 5.75 Å². The number of fused-ring (bicyclic) bond motifs is 1. The second kappa shape index (κ2) is 2.52. The number of aromatic nitrogens is 1. The van der Waals surface area contributed by atoms with Crippen molar-refractivity contribution in [3.63, 3.8) is 0 Å². The predicted molar refractivity (Wildman–Crippen MR) is 52.4 cm³/mol. The van der Waals surface area contributed by atoms with Crippen LogP contribution < -0.4 is 0 Å². The third-order valence-corrected chi connectivity index (χ3v) is 2.77. The summed E-state index contributed by atoms with van der Waals surface area (Å²) in [7, 11) is 0. The van der Waals surface area contributed by atoms with E-state index >= 15 is 0 Å². The molecule has 0 atom stereocenters. The molecule has 0 spiro atoms. The maximum absolute atomic E-state index is 9.20. The van der Waals surface area contributed by atoms with E-state index in [1.165, 1.54) is 5.56 Å². The molecule has 0 fully saturated rings. The largest absolute Gasteiger partial charge is 0.508 e. The van der Waals surface area contributed by atoms with Crippen molar-refractivity contribution in [3.05, 3.63) is 28.4 Å². The number of aryl methyl sites for hydroxylation is 1. The van der Waals surface area contributed by atoms with Crippen LogP contribution in [0.2, 0.25) is 0 Å². The monoisotopic (exact) mass is 225 g/mol. The van der Waals surface area contributed by atoms with Gasteiger partial charge in [-0.1, -0.05) is 0 Å². The van der Waals surface area contributed by atoms with Crippen molar-refractivity contribution >= 4 is 26.8 Å². The lowest BCUT2D eigenvalue weighted by molar-refractivity contribution is 0.476. The van der Waals surface area contributed by atoms with Gasteiger partial charge in [0.25, 0.3) is 0 Å². The number of nitrogens with one attached hydrogen (secondary N) is 1. The Labute approximate surface area is 78.3 Å². The smallest absolute Gasteiger partial charge is 0.117 e. The number of halogens is 1. The lowest BCUT2D eigenvalue weighted by atomic mass is 10.2. The molecule has 12 heavy (non-hydrogen) atoms. The van der Waals surface area contributed by atoms with Gasteiger partial charge in [0.1, 0.15) is 5.75 Å². The minimum Gasteiger partial charge on any atom is -0.508 e. The summed E-state index contributed by atoms with van der Waals surface area (Å²) in [6.45, 7) is 2.03. The highest BCUT2D eigenvalue weighted by Gasteiger charge is 2.04. The summed E-state index contributed by atoms with van der Waals surface area (Å²) in [5.74, 6) is 0.288. The number of aromatic amines is 1. The van der Waals surface area contributed by atoms with E-state index in [9.17, 15) is 5.11 Å². The van der Waals surface area contributed by atoms with Crippen LogP contribution in [-0.2, 0) is 0 Å². The van der Waals surface area contributed by atoms with E-state index in [-0.39, 0.29) is 5.75 Å². The zero-order valence-corrected chi connectivity index (χ0v) is 8.14. The summed E-state index contributed by atoms with van der Waals surface area (Å²) in [5, 5.41) is 10.3. The molecule has 2 N–H and O–H groups in total. The third-order valence-electron chi connectivity index (χ3n) is 1.98. The van der Waals surface area contributed by atoms with Crippen LogP contribution in [0, 0.1) is 6.92 Å². The van der Waals surface area contributed by atoms with Gasteiger partial charge in [-0.15, -0.1) is 0 Å². The highest BCUT2D eigenvalue weighted by atomic mass is 79.9. The Morgan fingerprint density at radius 2 is 2.17 bits per heavy atom. The molecule has 3 heteroatoms. The van der Waals surface area contributed by atoms with Gasteiger partial charge in [0.2, 0.25) is 0 Å². The molecule has 2 nitrogen and oxygen atoms in total. The summed E-state index contributed by atoms with van der Waals surface area (Å²) in [6, 6.07) is 5.31. The van der Waals surface area contributed by atoms with Gasteiger partial charge in [0, 0.05) is 11.5 Å². The first-order valence-electron chi connectivity index (χ1n) is 3.65. The fraction of sp³-hybridized carbons (Fsp3) is 0.111. The molecule has 0 radical (unpaired) electrons. The molecule has 0 aliphatic carbocycles. The first-order valence-corrected chi connectivity index (χ1v) is 4.44. The summed E-state index contributed by atoms with van der Waals surface area (Å²) in [6.07, 6.45) is 0. The third kappa shape index (κ3) is 1.01. The normalized spacial score (nSPS) is 10.8. The van der Waals surface area contributed by atoms with Crippen LogP contribution in [0.3, 0.4) is 0 Å². The number of rotatable bonds is 0. The average molecular weight is 226 g/mol. The van der Waals surface area contributed by atoms with E-state index in [1.54, 1.807) is 12.1 Å². The van der Waals surface area contributed by atoms with Crippen LogP contribution in [-0.4, -0.2) is 10.1 Å². The molecule has 2 aromatic rings. The average Bonchev–Trinajstić information content (AvgIpc) is 2.28. The van der Waals surface area contributed by atoms with E-state index in [0.29, 0.717) is 0 Å². The molecule has 0 saturated heterocycles. The number of benzene rings is 1. The van der Waals surface area contributed by atoms with Gasteiger partial charge in [-0.2, -0.15) is 0 Å². The van der Waals surface area contributed by atoms with Crippen LogP contribution >= 0.6 is 15.9 Å². The zero-order chi connectivity index (χ0) is 8.72. The molecule has 0 amide bonds. The molecule has 0 unspecified atom stereocenters. The van der Waals surface area contributed by atoms with Crippen molar-refractivity contribution in [2.75, 3.05) is 0 Å². The molecular formula is C9H8BrNO. The summed E-state index contributed by atoms with van der Waals surface area (Å²) in [5.41, 5.74) is 2.13. The van der Waals surface area contributed by atoms with Crippen LogP contribution in [0.1, 0.15) is 5.56 Å². The Bertz CT molecular complexity index is 433. The first-order chi connectivity index (χ1) is 5.68. The standard InChI is InChI=1S/C9H8BrNO/c1-5-7-3-2-6(12)4-8(7)11-9(5)10/h2-4,11-12H,1H3. The van der Waals surface area contributed by atoms with Gasteiger partial charge >= 0.3 is 0 Å². The second-order valence-corrected chi connectivity index (χ2v) is 3.59. The maximum Gasteiger partial charge on any atom is 0.117 e. The van der Waals surface area contributed by atoms with Crippen molar-refractivity contribution in [2.45, 2.75) is 6.92 Å². The van der Waals surface area contributed by atoms with Crippen molar-refractivity contribution in [1.82, 2.24) is 4.98 Å². The summed E-state index contributed by atoms with van der Waals surface area (Å²) >= 11 is 3.40. The van der Waals surface area contributed by atoms with Crippen molar-refractivity contribution in [2.24, 2.45) is 0 Å². The first kappa shape index (κ1) is 7.68. The fourth-order valence-electron chi connectivity index (χ4n) is 1.29. The number of hydrogen-bond acceptors (Lipinski definition) is 1. The van der Waals surface area contributed by atoms with Crippen LogP contribution in [0.4, 0.5) is 0 Å². The van der Waals surface area contributed by atoms with Gasteiger partial charge < -0.3 is 10.1 Å². The minimum atomic E-state index is 0.288. The summed E-state index contributed by atoms with van der Waals surface area (Å²) < 4.78 is 0.975. The van der Waals surface area contributed by atoms with Crippen molar-refractivity contribution in [1.29, 1.82) is 0 Å². The molecule has 62 valence electrons. The Morgan fingerprint density at radius 3 is 2.92 bits per heavy atom. The van der Waals surface area contributed by atoms with Gasteiger partial charge in [-0.05, 0) is 40.5 Å². The number of phenols is 1. The molecule has 1 heterocycles. The van der Waals surface area contributed by atoms with E-state index < -0.39 is 0 Å². The van der Waals surface area contributed by atoms with Crippen LogP contribution in [0.15, 0.2) is 22.8 Å². The Hall–Kier alpha value is -0.960. The Morgan fingerprint density at radius 1 is 1.42 bits per heavy atom. The van der Waals surface area contributed by atoms with E-state index in [4.69, 9.17) is 0 Å². The van der Waals surface area contributed by atoms with Gasteiger partial charge in [-0.25, -0.2) is 0 Å².